The molecular formula is C18H32O2. The Hall–Kier alpha value is -0.790. The fourth-order valence-electron chi connectivity index (χ4n) is 3.26. The fourth-order valence-corrected chi connectivity index (χ4v) is 3.26. The fraction of sp³-hybridized carbons (Fsp3) is 0.833. The Labute approximate surface area is 125 Å². The van der Waals surface area contributed by atoms with Gasteiger partial charge in [-0.3, -0.25) is 0 Å². The van der Waals surface area contributed by atoms with E-state index in [4.69, 9.17) is 4.74 Å². The van der Waals surface area contributed by atoms with Crippen molar-refractivity contribution in [3.05, 3.63) is 12.7 Å². The minimum atomic E-state index is -0.241. The molecule has 1 saturated carbocycles. The first-order chi connectivity index (χ1) is 9.72. The van der Waals surface area contributed by atoms with E-state index in [-0.39, 0.29) is 11.6 Å². The van der Waals surface area contributed by atoms with Gasteiger partial charge < -0.3 is 4.74 Å². The molecule has 0 N–H and O–H groups in total. The SMILES string of the molecule is C=CC(=O)OC1(CCCCCCCCC)CCCCC1. The highest BCUT2D eigenvalue weighted by molar-refractivity contribution is 5.81. The summed E-state index contributed by atoms with van der Waals surface area (Å²) in [7, 11) is 0. The average Bonchev–Trinajstić information content (AvgIpc) is 2.47. The van der Waals surface area contributed by atoms with Crippen molar-refractivity contribution in [3.63, 3.8) is 0 Å². The Balaban J connectivity index is 2.26. The lowest BCUT2D eigenvalue weighted by Gasteiger charge is -2.36. The van der Waals surface area contributed by atoms with Crippen LogP contribution in [-0.4, -0.2) is 11.6 Å². The summed E-state index contributed by atoms with van der Waals surface area (Å²) in [6, 6.07) is 0. The minimum Gasteiger partial charge on any atom is -0.456 e. The smallest absolute Gasteiger partial charge is 0.330 e. The molecule has 1 fully saturated rings. The van der Waals surface area contributed by atoms with Crippen LogP contribution in [0.4, 0.5) is 0 Å². The van der Waals surface area contributed by atoms with Crippen LogP contribution in [0.1, 0.15) is 90.4 Å². The lowest BCUT2D eigenvalue weighted by molar-refractivity contribution is -0.158. The molecule has 0 amide bonds. The topological polar surface area (TPSA) is 26.3 Å². The van der Waals surface area contributed by atoms with E-state index in [1.165, 1.54) is 70.3 Å². The van der Waals surface area contributed by atoms with Crippen LogP contribution in [0.3, 0.4) is 0 Å². The second-order valence-corrected chi connectivity index (χ2v) is 6.24. The van der Waals surface area contributed by atoms with E-state index < -0.39 is 0 Å². The van der Waals surface area contributed by atoms with Crippen LogP contribution in [0.25, 0.3) is 0 Å². The molecule has 1 rings (SSSR count). The zero-order chi connectivity index (χ0) is 14.7. The van der Waals surface area contributed by atoms with Gasteiger partial charge in [0.05, 0.1) is 0 Å². The highest BCUT2D eigenvalue weighted by Crippen LogP contribution is 2.36. The summed E-state index contributed by atoms with van der Waals surface area (Å²) < 4.78 is 5.72. The molecule has 0 aromatic heterocycles. The van der Waals surface area contributed by atoms with Crippen molar-refractivity contribution in [2.24, 2.45) is 0 Å². The Morgan fingerprint density at radius 1 is 1.05 bits per heavy atom. The van der Waals surface area contributed by atoms with Crippen molar-refractivity contribution >= 4 is 5.97 Å². The van der Waals surface area contributed by atoms with E-state index in [1.807, 2.05) is 0 Å². The maximum absolute atomic E-state index is 11.6. The van der Waals surface area contributed by atoms with Crippen molar-refractivity contribution in [1.29, 1.82) is 0 Å². The molecule has 0 unspecified atom stereocenters. The summed E-state index contributed by atoms with van der Waals surface area (Å²) in [6.45, 7) is 5.77. The Morgan fingerprint density at radius 2 is 1.65 bits per heavy atom. The molecule has 0 radical (unpaired) electrons. The van der Waals surface area contributed by atoms with Gasteiger partial charge in [-0.15, -0.1) is 0 Å². The summed E-state index contributed by atoms with van der Waals surface area (Å²) >= 11 is 0. The van der Waals surface area contributed by atoms with E-state index in [0.29, 0.717) is 0 Å². The van der Waals surface area contributed by atoms with Gasteiger partial charge in [-0.1, -0.05) is 58.4 Å². The van der Waals surface area contributed by atoms with E-state index in [1.54, 1.807) is 0 Å². The maximum Gasteiger partial charge on any atom is 0.330 e. The molecule has 0 spiro atoms. The van der Waals surface area contributed by atoms with Crippen LogP contribution in [0.5, 0.6) is 0 Å². The molecular weight excluding hydrogens is 248 g/mol. The van der Waals surface area contributed by atoms with Gasteiger partial charge in [-0.25, -0.2) is 4.79 Å². The zero-order valence-electron chi connectivity index (χ0n) is 13.3. The number of unbranched alkanes of at least 4 members (excludes halogenated alkanes) is 6. The molecule has 1 aliphatic carbocycles. The third-order valence-corrected chi connectivity index (χ3v) is 4.48. The number of carbonyl (C=O) groups excluding carboxylic acids is 1. The molecule has 0 saturated heterocycles. The van der Waals surface area contributed by atoms with Gasteiger partial charge in [0.1, 0.15) is 5.60 Å². The molecule has 2 nitrogen and oxygen atoms in total. The Bertz CT molecular complexity index is 277. The van der Waals surface area contributed by atoms with Crippen molar-refractivity contribution in [2.75, 3.05) is 0 Å². The van der Waals surface area contributed by atoms with Gasteiger partial charge in [0.25, 0.3) is 0 Å². The number of ether oxygens (including phenoxy) is 1. The number of carbonyl (C=O) groups is 1. The first-order valence-electron chi connectivity index (χ1n) is 8.58. The molecule has 20 heavy (non-hydrogen) atoms. The summed E-state index contributed by atoms with van der Waals surface area (Å²) in [5.74, 6) is -0.241. The second-order valence-electron chi connectivity index (χ2n) is 6.24. The summed E-state index contributed by atoms with van der Waals surface area (Å²) in [6.07, 6.45) is 17.3. The Morgan fingerprint density at radius 3 is 2.25 bits per heavy atom. The van der Waals surface area contributed by atoms with Crippen LogP contribution in [0, 0.1) is 0 Å². The molecule has 0 bridgehead atoms. The minimum absolute atomic E-state index is 0.174. The molecule has 0 aliphatic heterocycles. The van der Waals surface area contributed by atoms with Crippen molar-refractivity contribution < 1.29 is 9.53 Å². The Kier molecular flexibility index (Phi) is 8.64. The van der Waals surface area contributed by atoms with Gasteiger partial charge in [0, 0.05) is 6.08 Å². The third kappa shape index (κ3) is 6.58. The number of hydrogen-bond acceptors (Lipinski definition) is 2. The normalized spacial score (nSPS) is 17.6. The van der Waals surface area contributed by atoms with Crippen molar-refractivity contribution in [1.82, 2.24) is 0 Å². The number of rotatable bonds is 10. The zero-order valence-corrected chi connectivity index (χ0v) is 13.3. The van der Waals surface area contributed by atoms with Gasteiger partial charge in [-0.05, 0) is 38.5 Å². The van der Waals surface area contributed by atoms with E-state index in [0.717, 1.165) is 19.3 Å². The quantitative estimate of drug-likeness (QED) is 0.297. The lowest BCUT2D eigenvalue weighted by Crippen LogP contribution is -2.36. The van der Waals surface area contributed by atoms with E-state index >= 15 is 0 Å². The second kappa shape index (κ2) is 10.0. The van der Waals surface area contributed by atoms with Crippen molar-refractivity contribution in [3.8, 4) is 0 Å². The molecule has 1 aliphatic rings. The molecule has 0 atom stereocenters. The van der Waals surface area contributed by atoms with Crippen LogP contribution >= 0.6 is 0 Å². The van der Waals surface area contributed by atoms with Crippen LogP contribution in [0.2, 0.25) is 0 Å². The van der Waals surface area contributed by atoms with E-state index in [2.05, 4.69) is 13.5 Å². The number of esters is 1. The van der Waals surface area contributed by atoms with Crippen molar-refractivity contribution in [2.45, 2.75) is 96.0 Å². The largest absolute Gasteiger partial charge is 0.456 e. The van der Waals surface area contributed by atoms with Crippen LogP contribution < -0.4 is 0 Å². The molecule has 0 aromatic rings. The molecule has 2 heteroatoms. The maximum atomic E-state index is 11.6. The first kappa shape index (κ1) is 17.3. The molecule has 116 valence electrons. The summed E-state index contributed by atoms with van der Waals surface area (Å²) in [4.78, 5) is 11.6. The molecule has 0 heterocycles. The van der Waals surface area contributed by atoms with Gasteiger partial charge in [0.2, 0.25) is 0 Å². The van der Waals surface area contributed by atoms with E-state index in [9.17, 15) is 4.79 Å². The summed E-state index contributed by atoms with van der Waals surface area (Å²) in [5, 5.41) is 0. The van der Waals surface area contributed by atoms with Crippen LogP contribution in [-0.2, 0) is 9.53 Å². The van der Waals surface area contributed by atoms with Gasteiger partial charge in [0.15, 0.2) is 0 Å². The number of hydrogen-bond donors (Lipinski definition) is 0. The molecule has 0 aromatic carbocycles. The predicted octanol–water partition coefficient (Wildman–Crippen LogP) is 5.56. The van der Waals surface area contributed by atoms with Gasteiger partial charge in [-0.2, -0.15) is 0 Å². The monoisotopic (exact) mass is 280 g/mol. The highest BCUT2D eigenvalue weighted by Gasteiger charge is 2.34. The average molecular weight is 280 g/mol. The predicted molar refractivity (Wildman–Crippen MR) is 84.7 cm³/mol. The van der Waals surface area contributed by atoms with Crippen LogP contribution in [0.15, 0.2) is 12.7 Å². The standard InChI is InChI=1S/C18H32O2/c1-3-5-6-7-8-9-11-14-18(20-17(19)4-2)15-12-10-13-16-18/h4H,2-3,5-16H2,1H3. The first-order valence-corrected chi connectivity index (χ1v) is 8.58. The summed E-state index contributed by atoms with van der Waals surface area (Å²) in [5.41, 5.74) is -0.174. The third-order valence-electron chi connectivity index (χ3n) is 4.48. The van der Waals surface area contributed by atoms with Gasteiger partial charge >= 0.3 is 5.97 Å². The highest BCUT2D eigenvalue weighted by atomic mass is 16.6. The lowest BCUT2D eigenvalue weighted by atomic mass is 9.81.